The van der Waals surface area contributed by atoms with Gasteiger partial charge in [-0.3, -0.25) is 0 Å². The topological polar surface area (TPSA) is 70.5 Å². The number of benzene rings is 1. The summed E-state index contributed by atoms with van der Waals surface area (Å²) in [4.78, 5) is 20.8. The van der Waals surface area contributed by atoms with E-state index in [0.29, 0.717) is 23.9 Å². The number of hydrogen-bond donors (Lipinski definition) is 0. The van der Waals surface area contributed by atoms with Gasteiger partial charge in [0.05, 0.1) is 19.0 Å². The van der Waals surface area contributed by atoms with Crippen LogP contribution in [0.5, 0.6) is 11.5 Å². The van der Waals surface area contributed by atoms with Crippen LogP contribution in [0.3, 0.4) is 0 Å². The van der Waals surface area contributed by atoms with Crippen LogP contribution in [0, 0.1) is 0 Å². The largest absolute Gasteiger partial charge is 0.490 e. The fourth-order valence-electron chi connectivity index (χ4n) is 3.81. The van der Waals surface area contributed by atoms with Crippen LogP contribution in [-0.4, -0.2) is 35.8 Å². The van der Waals surface area contributed by atoms with Crippen molar-refractivity contribution in [2.24, 2.45) is 0 Å². The Bertz CT molecular complexity index is 866. The van der Waals surface area contributed by atoms with E-state index in [1.54, 1.807) is 24.5 Å². The maximum atomic E-state index is 12.0. The summed E-state index contributed by atoms with van der Waals surface area (Å²) < 4.78 is 16.8. The van der Waals surface area contributed by atoms with Gasteiger partial charge in [-0.2, -0.15) is 0 Å². The second kappa shape index (κ2) is 20.3. The van der Waals surface area contributed by atoms with Crippen LogP contribution >= 0.6 is 0 Å². The molecule has 1 aromatic carbocycles. The van der Waals surface area contributed by atoms with Crippen molar-refractivity contribution in [1.82, 2.24) is 9.97 Å². The number of unbranched alkanes of at least 4 members (excludes halogenated alkanes) is 10. The number of ether oxygens (including phenoxy) is 3. The van der Waals surface area contributed by atoms with Crippen LogP contribution in [-0.2, 0) is 9.53 Å². The van der Waals surface area contributed by atoms with Crippen molar-refractivity contribution in [1.29, 1.82) is 0 Å². The van der Waals surface area contributed by atoms with Crippen LogP contribution in [0.1, 0.15) is 97.3 Å². The third kappa shape index (κ3) is 14.6. The van der Waals surface area contributed by atoms with E-state index < -0.39 is 0 Å². The third-order valence-corrected chi connectivity index (χ3v) is 6.03. The van der Waals surface area contributed by atoms with Crippen molar-refractivity contribution < 1.29 is 19.0 Å². The molecule has 37 heavy (non-hydrogen) atoms. The van der Waals surface area contributed by atoms with Crippen LogP contribution < -0.4 is 9.47 Å². The second-order valence-corrected chi connectivity index (χ2v) is 9.38. The maximum absolute atomic E-state index is 12.0. The average molecular weight is 511 g/mol. The first-order chi connectivity index (χ1) is 18.2. The van der Waals surface area contributed by atoms with Gasteiger partial charge in [-0.15, -0.1) is 0 Å². The first-order valence-electron chi connectivity index (χ1n) is 14.2. The Kier molecular flexibility index (Phi) is 16.8. The lowest BCUT2D eigenvalue weighted by Gasteiger charge is -2.07. The molecule has 0 spiro atoms. The van der Waals surface area contributed by atoms with Gasteiger partial charge in [0.25, 0.3) is 0 Å². The predicted octanol–water partition coefficient (Wildman–Crippen LogP) is 8.11. The first kappa shape index (κ1) is 30.5. The predicted molar refractivity (Wildman–Crippen MR) is 150 cm³/mol. The van der Waals surface area contributed by atoms with E-state index >= 15 is 0 Å². The van der Waals surface area contributed by atoms with Gasteiger partial charge in [0.1, 0.15) is 5.75 Å². The SMILES string of the molecule is CCCCCCCC/C=C/C(=O)Oc1ccc(-c2ncc(OCCCCOCCCCCC)cn2)cc1. The quantitative estimate of drug-likeness (QED) is 0.0731. The van der Waals surface area contributed by atoms with Gasteiger partial charge in [0.2, 0.25) is 0 Å². The smallest absolute Gasteiger partial charge is 0.335 e. The Morgan fingerprint density at radius 3 is 2.03 bits per heavy atom. The number of esters is 1. The molecule has 0 aliphatic heterocycles. The summed E-state index contributed by atoms with van der Waals surface area (Å²) in [6.07, 6.45) is 22.0. The molecule has 0 amide bonds. The lowest BCUT2D eigenvalue weighted by atomic mass is 10.1. The van der Waals surface area contributed by atoms with Gasteiger partial charge in [-0.1, -0.05) is 71.3 Å². The Balaban J connectivity index is 1.62. The van der Waals surface area contributed by atoms with Crippen molar-refractivity contribution in [3.05, 3.63) is 48.8 Å². The fourth-order valence-corrected chi connectivity index (χ4v) is 3.81. The number of aromatic nitrogens is 2. The Labute approximate surface area is 223 Å². The molecule has 0 atom stereocenters. The number of allylic oxidation sites excluding steroid dienone is 1. The highest BCUT2D eigenvalue weighted by Gasteiger charge is 2.05. The third-order valence-electron chi connectivity index (χ3n) is 6.03. The van der Waals surface area contributed by atoms with Crippen LogP contribution in [0.2, 0.25) is 0 Å². The van der Waals surface area contributed by atoms with Crippen LogP contribution in [0.25, 0.3) is 11.4 Å². The molecule has 6 heteroatoms. The summed E-state index contributed by atoms with van der Waals surface area (Å²) in [5, 5.41) is 0. The van der Waals surface area contributed by atoms with Gasteiger partial charge >= 0.3 is 5.97 Å². The number of nitrogens with zero attached hydrogens (tertiary/aromatic N) is 2. The Morgan fingerprint density at radius 2 is 1.32 bits per heavy atom. The molecule has 2 rings (SSSR count). The first-order valence-corrected chi connectivity index (χ1v) is 14.2. The van der Waals surface area contributed by atoms with E-state index in [2.05, 4.69) is 23.8 Å². The van der Waals surface area contributed by atoms with Gasteiger partial charge in [0, 0.05) is 24.9 Å². The molecule has 0 aliphatic rings. The second-order valence-electron chi connectivity index (χ2n) is 9.38. The van der Waals surface area contributed by atoms with E-state index in [9.17, 15) is 4.79 Å². The minimum Gasteiger partial charge on any atom is -0.490 e. The molecule has 0 aliphatic carbocycles. The molecule has 0 unspecified atom stereocenters. The van der Waals surface area contributed by atoms with Crippen molar-refractivity contribution in [3.63, 3.8) is 0 Å². The highest BCUT2D eigenvalue weighted by atomic mass is 16.5. The summed E-state index contributed by atoms with van der Waals surface area (Å²) >= 11 is 0. The summed E-state index contributed by atoms with van der Waals surface area (Å²) in [7, 11) is 0. The molecule has 1 aromatic heterocycles. The summed E-state index contributed by atoms with van der Waals surface area (Å²) in [5.41, 5.74) is 0.848. The van der Waals surface area contributed by atoms with Crippen molar-refractivity contribution in [2.75, 3.05) is 19.8 Å². The highest BCUT2D eigenvalue weighted by Crippen LogP contribution is 2.20. The van der Waals surface area contributed by atoms with E-state index in [-0.39, 0.29) is 5.97 Å². The van der Waals surface area contributed by atoms with Crippen molar-refractivity contribution in [2.45, 2.75) is 97.3 Å². The molecule has 0 fully saturated rings. The molecular formula is C31H46N2O4. The van der Waals surface area contributed by atoms with E-state index in [0.717, 1.165) is 50.9 Å². The molecular weight excluding hydrogens is 464 g/mol. The Morgan fingerprint density at radius 1 is 0.730 bits per heavy atom. The molecule has 0 saturated heterocycles. The number of hydrogen-bond acceptors (Lipinski definition) is 6. The van der Waals surface area contributed by atoms with Crippen LogP contribution in [0.15, 0.2) is 48.8 Å². The van der Waals surface area contributed by atoms with Crippen LogP contribution in [0.4, 0.5) is 0 Å². The highest BCUT2D eigenvalue weighted by molar-refractivity contribution is 5.84. The zero-order chi connectivity index (χ0) is 26.4. The van der Waals surface area contributed by atoms with Gasteiger partial charge < -0.3 is 14.2 Å². The number of rotatable bonds is 21. The minimum atomic E-state index is -0.352. The molecule has 0 bridgehead atoms. The Hall–Kier alpha value is -2.73. The molecule has 6 nitrogen and oxygen atoms in total. The molecule has 0 radical (unpaired) electrons. The summed E-state index contributed by atoms with van der Waals surface area (Å²) in [6, 6.07) is 7.21. The van der Waals surface area contributed by atoms with E-state index in [1.165, 1.54) is 57.4 Å². The van der Waals surface area contributed by atoms with Crippen molar-refractivity contribution in [3.8, 4) is 22.9 Å². The van der Waals surface area contributed by atoms with Gasteiger partial charge in [-0.25, -0.2) is 14.8 Å². The number of carbonyl (C=O) groups is 1. The molecule has 2 aromatic rings. The summed E-state index contributed by atoms with van der Waals surface area (Å²) in [5.74, 6) is 1.40. The zero-order valence-electron chi connectivity index (χ0n) is 23.0. The summed E-state index contributed by atoms with van der Waals surface area (Å²) in [6.45, 7) is 6.70. The molecule has 204 valence electrons. The average Bonchev–Trinajstić information content (AvgIpc) is 2.92. The van der Waals surface area contributed by atoms with E-state index in [1.807, 2.05) is 18.2 Å². The molecule has 0 saturated carbocycles. The monoisotopic (exact) mass is 510 g/mol. The fraction of sp³-hybridized carbons (Fsp3) is 0.581. The maximum Gasteiger partial charge on any atom is 0.335 e. The number of carbonyl (C=O) groups excluding carboxylic acids is 1. The van der Waals surface area contributed by atoms with Crippen molar-refractivity contribution >= 4 is 5.97 Å². The minimum absolute atomic E-state index is 0.352. The van der Waals surface area contributed by atoms with Gasteiger partial charge in [-0.05, 0) is 56.4 Å². The molecule has 1 heterocycles. The zero-order valence-corrected chi connectivity index (χ0v) is 23.0. The standard InChI is InChI=1S/C31H46N2O4/c1-3-5-7-9-10-11-12-13-17-30(34)37-28-20-18-27(19-21-28)31-32-25-29(26-33-31)36-24-16-15-23-35-22-14-8-6-4-2/h13,17-21,25-26H,3-12,14-16,22-24H2,1-2H3/b17-13+. The van der Waals surface area contributed by atoms with E-state index in [4.69, 9.17) is 14.2 Å². The lowest BCUT2D eigenvalue weighted by Crippen LogP contribution is -2.03. The molecule has 0 N–H and O–H groups in total. The lowest BCUT2D eigenvalue weighted by molar-refractivity contribution is -0.129. The normalized spacial score (nSPS) is 11.2. The van der Waals surface area contributed by atoms with Gasteiger partial charge in [0.15, 0.2) is 11.6 Å².